The van der Waals surface area contributed by atoms with Crippen molar-refractivity contribution in [3.05, 3.63) is 69.2 Å². The molecule has 1 saturated carbocycles. The van der Waals surface area contributed by atoms with Crippen LogP contribution in [0.4, 0.5) is 0 Å². The molecule has 0 atom stereocenters. The van der Waals surface area contributed by atoms with E-state index < -0.39 is 11.7 Å². The number of rotatable bonds is 3. The van der Waals surface area contributed by atoms with Gasteiger partial charge in [-0.2, -0.15) is 0 Å². The summed E-state index contributed by atoms with van der Waals surface area (Å²) in [5, 5.41) is 0.543. The van der Waals surface area contributed by atoms with E-state index in [4.69, 9.17) is 23.2 Å². The molecule has 3 rings (SSSR count). The molecule has 0 saturated heterocycles. The molecule has 0 heterocycles. The van der Waals surface area contributed by atoms with Gasteiger partial charge in [-0.05, 0) is 42.2 Å². The van der Waals surface area contributed by atoms with Crippen molar-refractivity contribution in [2.24, 2.45) is 5.92 Å². The van der Waals surface area contributed by atoms with Gasteiger partial charge in [0.1, 0.15) is 5.92 Å². The number of hydrogen-bond acceptors (Lipinski definition) is 3. The van der Waals surface area contributed by atoms with E-state index in [1.165, 1.54) is 18.2 Å². The Balaban J connectivity index is 1.86. The predicted molar refractivity (Wildman–Crippen MR) is 97.5 cm³/mol. The average Bonchev–Trinajstić information content (AvgIpc) is 2.54. The number of hydrogen-bond donors (Lipinski definition) is 0. The Kier molecular flexibility index (Phi) is 5.07. The third-order valence-electron chi connectivity index (χ3n) is 4.63. The number of carbonyl (C=O) groups is 3. The second-order valence-corrected chi connectivity index (χ2v) is 7.16. The molecule has 5 heteroatoms. The molecule has 2 aromatic carbocycles. The molecule has 3 nitrogen and oxygen atoms in total. The maximum absolute atomic E-state index is 12.7. The van der Waals surface area contributed by atoms with Crippen molar-refractivity contribution in [1.29, 1.82) is 0 Å². The van der Waals surface area contributed by atoms with Crippen molar-refractivity contribution in [1.82, 2.24) is 0 Å². The Labute approximate surface area is 155 Å². The molecule has 0 spiro atoms. The van der Waals surface area contributed by atoms with Crippen molar-refractivity contribution in [2.45, 2.75) is 25.7 Å². The van der Waals surface area contributed by atoms with Gasteiger partial charge in [-0.25, -0.2) is 0 Å². The summed E-state index contributed by atoms with van der Waals surface area (Å²) in [4.78, 5) is 37.9. The topological polar surface area (TPSA) is 51.2 Å². The molecule has 25 heavy (non-hydrogen) atoms. The Bertz CT molecular complexity index is 855. The van der Waals surface area contributed by atoms with E-state index in [2.05, 4.69) is 0 Å². The molecule has 0 amide bonds. The molecule has 0 unspecified atom stereocenters. The zero-order chi connectivity index (χ0) is 18.1. The minimum atomic E-state index is -1.26. The maximum Gasteiger partial charge on any atom is 0.182 e. The molecular weight excluding hydrogens is 359 g/mol. The van der Waals surface area contributed by atoms with E-state index in [0.717, 1.165) is 11.1 Å². The highest BCUT2D eigenvalue weighted by molar-refractivity contribution is 6.38. The summed E-state index contributed by atoms with van der Waals surface area (Å²) in [7, 11) is 0. The average molecular weight is 375 g/mol. The third kappa shape index (κ3) is 3.53. The molecule has 0 N–H and O–H groups in total. The first-order valence-corrected chi connectivity index (χ1v) is 8.74. The Morgan fingerprint density at radius 2 is 1.64 bits per heavy atom. The molecular formula is C20H16Cl2O3. The summed E-state index contributed by atoms with van der Waals surface area (Å²) >= 11 is 11.9. The number of benzene rings is 2. The van der Waals surface area contributed by atoms with Gasteiger partial charge in [0.05, 0.1) is 5.02 Å². The number of aryl methyl sites for hydroxylation is 1. The number of Topliss-reactive ketones (excluding diaryl/α,β-unsaturated/α-hetero) is 3. The summed E-state index contributed by atoms with van der Waals surface area (Å²) in [5.74, 6) is -2.68. The Morgan fingerprint density at radius 1 is 1.00 bits per heavy atom. The van der Waals surface area contributed by atoms with Gasteiger partial charge < -0.3 is 0 Å². The fourth-order valence-electron chi connectivity index (χ4n) is 3.38. The maximum atomic E-state index is 12.7. The van der Waals surface area contributed by atoms with Crippen LogP contribution in [-0.4, -0.2) is 17.3 Å². The quantitative estimate of drug-likeness (QED) is 0.571. The van der Waals surface area contributed by atoms with Gasteiger partial charge in [0.2, 0.25) is 0 Å². The summed E-state index contributed by atoms with van der Waals surface area (Å²) in [6.45, 7) is 1.95. The van der Waals surface area contributed by atoms with Gasteiger partial charge in [0.15, 0.2) is 17.3 Å². The van der Waals surface area contributed by atoms with Crippen molar-refractivity contribution in [2.75, 3.05) is 0 Å². The van der Waals surface area contributed by atoms with E-state index in [1.54, 1.807) is 0 Å². The summed E-state index contributed by atoms with van der Waals surface area (Å²) in [5.41, 5.74) is 2.19. The van der Waals surface area contributed by atoms with Crippen molar-refractivity contribution < 1.29 is 14.4 Å². The van der Waals surface area contributed by atoms with Gasteiger partial charge in [0, 0.05) is 23.4 Å². The van der Waals surface area contributed by atoms with Crippen LogP contribution in [0.25, 0.3) is 0 Å². The minimum Gasteiger partial charge on any atom is -0.298 e. The van der Waals surface area contributed by atoms with E-state index in [-0.39, 0.29) is 40.9 Å². The largest absolute Gasteiger partial charge is 0.298 e. The summed E-state index contributed by atoms with van der Waals surface area (Å²) in [6, 6.07) is 12.1. The molecule has 0 bridgehead atoms. The molecule has 2 aromatic rings. The van der Waals surface area contributed by atoms with Crippen molar-refractivity contribution in [3.63, 3.8) is 0 Å². The second-order valence-electron chi connectivity index (χ2n) is 6.32. The van der Waals surface area contributed by atoms with E-state index in [0.29, 0.717) is 5.02 Å². The van der Waals surface area contributed by atoms with E-state index in [9.17, 15) is 14.4 Å². The van der Waals surface area contributed by atoms with Crippen LogP contribution < -0.4 is 0 Å². The van der Waals surface area contributed by atoms with Gasteiger partial charge in [-0.15, -0.1) is 0 Å². The van der Waals surface area contributed by atoms with Crippen LogP contribution in [-0.2, 0) is 9.59 Å². The molecule has 0 aromatic heterocycles. The van der Waals surface area contributed by atoms with E-state index >= 15 is 0 Å². The monoisotopic (exact) mass is 374 g/mol. The van der Waals surface area contributed by atoms with Crippen LogP contribution in [0, 0.1) is 12.8 Å². The second kappa shape index (κ2) is 7.11. The number of ketones is 3. The lowest BCUT2D eigenvalue weighted by Crippen LogP contribution is -2.38. The number of carbonyl (C=O) groups excluding carboxylic acids is 3. The van der Waals surface area contributed by atoms with Crippen LogP contribution in [0.1, 0.15) is 40.2 Å². The smallest absolute Gasteiger partial charge is 0.182 e. The lowest BCUT2D eigenvalue weighted by atomic mass is 9.73. The highest BCUT2D eigenvalue weighted by Gasteiger charge is 2.41. The van der Waals surface area contributed by atoms with Crippen LogP contribution in [0.15, 0.2) is 42.5 Å². The standard InChI is InChI=1S/C20H16Cl2O3/c1-11-4-2-3-5-14(11)12-8-17(23)19(18(24)9-12)20(25)15-7-6-13(21)10-16(15)22/h2-7,10,12,19H,8-9H2,1H3. The zero-order valence-electron chi connectivity index (χ0n) is 13.6. The zero-order valence-corrected chi connectivity index (χ0v) is 15.1. The molecule has 1 aliphatic rings. The SMILES string of the molecule is Cc1ccccc1C1CC(=O)C(C(=O)c2ccc(Cl)cc2Cl)C(=O)C1. The normalized spacial score (nSPS) is 20.6. The minimum absolute atomic E-state index is 0.152. The third-order valence-corrected chi connectivity index (χ3v) is 5.17. The molecule has 1 fully saturated rings. The lowest BCUT2D eigenvalue weighted by Gasteiger charge is -2.27. The van der Waals surface area contributed by atoms with Crippen molar-refractivity contribution in [3.8, 4) is 0 Å². The predicted octanol–water partition coefficient (Wildman–Crippen LogP) is 4.82. The highest BCUT2D eigenvalue weighted by atomic mass is 35.5. The van der Waals surface area contributed by atoms with Crippen LogP contribution >= 0.6 is 23.2 Å². The van der Waals surface area contributed by atoms with Gasteiger partial charge in [0.25, 0.3) is 0 Å². The first-order chi connectivity index (χ1) is 11.9. The Hall–Kier alpha value is -1.97. The van der Waals surface area contributed by atoms with E-state index in [1.807, 2.05) is 31.2 Å². The number of halogens is 2. The first kappa shape index (κ1) is 17.8. The summed E-state index contributed by atoms with van der Waals surface area (Å²) < 4.78 is 0. The molecule has 128 valence electrons. The lowest BCUT2D eigenvalue weighted by molar-refractivity contribution is -0.133. The fourth-order valence-corrected chi connectivity index (χ4v) is 3.88. The van der Waals surface area contributed by atoms with Gasteiger partial charge in [-0.3, -0.25) is 14.4 Å². The fraction of sp³-hybridized carbons (Fsp3) is 0.250. The van der Waals surface area contributed by atoms with Crippen LogP contribution in [0.3, 0.4) is 0 Å². The van der Waals surface area contributed by atoms with Gasteiger partial charge in [-0.1, -0.05) is 47.5 Å². The van der Waals surface area contributed by atoms with Crippen LogP contribution in [0.2, 0.25) is 10.0 Å². The van der Waals surface area contributed by atoms with Crippen LogP contribution in [0.5, 0.6) is 0 Å². The van der Waals surface area contributed by atoms with Gasteiger partial charge >= 0.3 is 0 Å². The first-order valence-electron chi connectivity index (χ1n) is 7.98. The molecule has 1 aliphatic carbocycles. The summed E-state index contributed by atoms with van der Waals surface area (Å²) in [6.07, 6.45) is 0.358. The molecule has 0 radical (unpaired) electrons. The molecule has 0 aliphatic heterocycles. The van der Waals surface area contributed by atoms with Crippen molar-refractivity contribution >= 4 is 40.6 Å². The Morgan fingerprint density at radius 3 is 2.24 bits per heavy atom. The highest BCUT2D eigenvalue weighted by Crippen LogP contribution is 2.35.